The van der Waals surface area contributed by atoms with E-state index in [2.05, 4.69) is 27.6 Å². The highest BCUT2D eigenvalue weighted by atomic mass is 16.6. The minimum atomic E-state index is -0.566. The van der Waals surface area contributed by atoms with Crippen molar-refractivity contribution in [2.24, 2.45) is 5.84 Å². The van der Waals surface area contributed by atoms with Crippen LogP contribution in [0.2, 0.25) is 0 Å². The Labute approximate surface area is 121 Å². The maximum Gasteiger partial charge on any atom is 0.354 e. The van der Waals surface area contributed by atoms with Gasteiger partial charge in [-0.15, -0.1) is 0 Å². The maximum atomic E-state index is 11.1. The molecule has 110 valence electrons. The summed E-state index contributed by atoms with van der Waals surface area (Å²) < 4.78 is 0. The minimum Gasteiger partial charge on any atom is -0.360 e. The molecule has 0 aliphatic rings. The number of nitrogens with two attached hydrogens (primary N) is 1. The highest BCUT2D eigenvalue weighted by Gasteiger charge is 2.22. The van der Waals surface area contributed by atoms with E-state index in [1.807, 2.05) is 24.3 Å². The van der Waals surface area contributed by atoms with E-state index < -0.39 is 4.92 Å². The van der Waals surface area contributed by atoms with Gasteiger partial charge in [-0.2, -0.15) is 0 Å². The third-order valence-corrected chi connectivity index (χ3v) is 3.09. The lowest BCUT2D eigenvalue weighted by molar-refractivity contribution is -0.383. The highest BCUT2D eigenvalue weighted by molar-refractivity contribution is 5.68. The predicted molar refractivity (Wildman–Crippen MR) is 79.6 cm³/mol. The topological polar surface area (TPSA) is 119 Å². The quantitative estimate of drug-likeness (QED) is 0.421. The second-order valence-corrected chi connectivity index (χ2v) is 4.30. The van der Waals surface area contributed by atoms with Crippen LogP contribution in [-0.4, -0.2) is 14.9 Å². The van der Waals surface area contributed by atoms with Crippen LogP contribution in [0, 0.1) is 10.1 Å². The minimum absolute atomic E-state index is 0.0266. The number of hydrazine groups is 1. The Kier molecular flexibility index (Phi) is 4.62. The fourth-order valence-corrected chi connectivity index (χ4v) is 2.04. The molecule has 4 N–H and O–H groups in total. The van der Waals surface area contributed by atoms with Crippen molar-refractivity contribution in [3.05, 3.63) is 51.8 Å². The van der Waals surface area contributed by atoms with E-state index in [1.54, 1.807) is 0 Å². The number of hydrogen-bond donors (Lipinski definition) is 3. The summed E-state index contributed by atoms with van der Waals surface area (Å²) in [5, 5.41) is 14.1. The summed E-state index contributed by atoms with van der Waals surface area (Å²) in [4.78, 5) is 18.2. The number of rotatable bonds is 6. The molecule has 1 heterocycles. The lowest BCUT2D eigenvalue weighted by Gasteiger charge is -2.10. The van der Waals surface area contributed by atoms with Crippen LogP contribution in [0.1, 0.15) is 18.1 Å². The van der Waals surface area contributed by atoms with Gasteiger partial charge in [0.25, 0.3) is 0 Å². The summed E-state index contributed by atoms with van der Waals surface area (Å²) in [6, 6.07) is 7.89. The zero-order chi connectivity index (χ0) is 15.2. The van der Waals surface area contributed by atoms with Crippen molar-refractivity contribution < 1.29 is 4.92 Å². The Hall–Kier alpha value is -2.74. The molecule has 0 spiro atoms. The smallest absolute Gasteiger partial charge is 0.354 e. The van der Waals surface area contributed by atoms with Gasteiger partial charge in [-0.1, -0.05) is 31.2 Å². The van der Waals surface area contributed by atoms with Crippen molar-refractivity contribution in [2.75, 3.05) is 10.7 Å². The molecule has 0 fully saturated rings. The monoisotopic (exact) mass is 288 g/mol. The Morgan fingerprint density at radius 2 is 1.90 bits per heavy atom. The number of nitrogens with zero attached hydrogens (tertiary/aromatic N) is 3. The fraction of sp³-hybridized carbons (Fsp3) is 0.231. The molecular weight excluding hydrogens is 272 g/mol. The molecule has 0 bridgehead atoms. The molecule has 21 heavy (non-hydrogen) atoms. The van der Waals surface area contributed by atoms with Crippen LogP contribution in [0.3, 0.4) is 0 Å². The number of nitrogen functional groups attached to an aromatic ring is 1. The molecule has 1 aromatic heterocycles. The van der Waals surface area contributed by atoms with E-state index in [0.717, 1.165) is 12.0 Å². The van der Waals surface area contributed by atoms with Crippen LogP contribution in [0.4, 0.5) is 17.3 Å². The van der Waals surface area contributed by atoms with Gasteiger partial charge in [0.05, 0.1) is 4.92 Å². The van der Waals surface area contributed by atoms with Crippen LogP contribution < -0.4 is 16.6 Å². The number of anilines is 2. The van der Waals surface area contributed by atoms with Gasteiger partial charge in [0.15, 0.2) is 0 Å². The third kappa shape index (κ3) is 3.23. The van der Waals surface area contributed by atoms with Crippen LogP contribution >= 0.6 is 0 Å². The van der Waals surface area contributed by atoms with Crippen molar-refractivity contribution in [1.29, 1.82) is 0 Å². The van der Waals surface area contributed by atoms with Gasteiger partial charge >= 0.3 is 5.69 Å². The number of nitro groups is 1. The molecule has 0 saturated carbocycles. The van der Waals surface area contributed by atoms with Crippen LogP contribution in [0.15, 0.2) is 30.6 Å². The molecule has 2 aromatic rings. The second-order valence-electron chi connectivity index (χ2n) is 4.30. The van der Waals surface area contributed by atoms with Gasteiger partial charge in [-0.05, 0) is 17.5 Å². The first-order valence-corrected chi connectivity index (χ1v) is 6.44. The fourth-order valence-electron chi connectivity index (χ4n) is 2.04. The molecule has 0 aliphatic carbocycles. The van der Waals surface area contributed by atoms with Gasteiger partial charge in [-0.25, -0.2) is 15.8 Å². The first-order valence-electron chi connectivity index (χ1n) is 6.44. The van der Waals surface area contributed by atoms with E-state index in [9.17, 15) is 10.1 Å². The molecule has 0 atom stereocenters. The van der Waals surface area contributed by atoms with Crippen molar-refractivity contribution in [3.63, 3.8) is 0 Å². The van der Waals surface area contributed by atoms with Crippen LogP contribution in [0.5, 0.6) is 0 Å². The first kappa shape index (κ1) is 14.7. The lowest BCUT2D eigenvalue weighted by Crippen LogP contribution is -2.14. The van der Waals surface area contributed by atoms with E-state index in [-0.39, 0.29) is 17.3 Å². The number of hydrogen-bond acceptors (Lipinski definition) is 7. The molecule has 0 amide bonds. The SMILES string of the molecule is CCc1ccccc1CNc1ncnc(NN)c1[N+](=O)[O-]. The van der Waals surface area contributed by atoms with Crippen LogP contribution in [-0.2, 0) is 13.0 Å². The van der Waals surface area contributed by atoms with Crippen molar-refractivity contribution in [1.82, 2.24) is 9.97 Å². The Bertz CT molecular complexity index is 646. The molecule has 0 unspecified atom stereocenters. The Balaban J connectivity index is 2.26. The molecule has 8 nitrogen and oxygen atoms in total. The van der Waals surface area contributed by atoms with Gasteiger partial charge in [0.1, 0.15) is 6.33 Å². The molecule has 1 aromatic carbocycles. The second kappa shape index (κ2) is 6.62. The normalized spacial score (nSPS) is 10.2. The van der Waals surface area contributed by atoms with E-state index >= 15 is 0 Å². The molecule has 8 heteroatoms. The first-order chi connectivity index (χ1) is 10.2. The van der Waals surface area contributed by atoms with Crippen molar-refractivity contribution in [2.45, 2.75) is 19.9 Å². The van der Waals surface area contributed by atoms with E-state index in [1.165, 1.54) is 11.9 Å². The molecule has 0 aliphatic heterocycles. The summed E-state index contributed by atoms with van der Waals surface area (Å²) >= 11 is 0. The summed E-state index contributed by atoms with van der Waals surface area (Å²) in [6.07, 6.45) is 2.11. The maximum absolute atomic E-state index is 11.1. The average Bonchev–Trinajstić information content (AvgIpc) is 2.52. The molecule has 2 rings (SSSR count). The number of nitrogens with one attached hydrogen (secondary N) is 2. The zero-order valence-electron chi connectivity index (χ0n) is 11.5. The number of benzene rings is 1. The highest BCUT2D eigenvalue weighted by Crippen LogP contribution is 2.28. The number of aromatic nitrogens is 2. The van der Waals surface area contributed by atoms with E-state index in [4.69, 9.17) is 5.84 Å². The van der Waals surface area contributed by atoms with E-state index in [0.29, 0.717) is 6.54 Å². The van der Waals surface area contributed by atoms with Gasteiger partial charge in [-0.3, -0.25) is 10.1 Å². The van der Waals surface area contributed by atoms with Gasteiger partial charge < -0.3 is 10.7 Å². The van der Waals surface area contributed by atoms with Crippen molar-refractivity contribution in [3.8, 4) is 0 Å². The van der Waals surface area contributed by atoms with Crippen molar-refractivity contribution >= 4 is 17.3 Å². The molecule has 0 radical (unpaired) electrons. The predicted octanol–water partition coefficient (Wildman–Crippen LogP) is 1.84. The standard InChI is InChI=1S/C13H16N6O2/c1-2-9-5-3-4-6-10(9)7-15-12-11(19(20)21)13(18-14)17-8-16-12/h3-6,8H,2,7,14H2,1H3,(H2,15,16,17,18). The van der Waals surface area contributed by atoms with Gasteiger partial charge in [0.2, 0.25) is 11.6 Å². The Morgan fingerprint density at radius 1 is 1.24 bits per heavy atom. The van der Waals surface area contributed by atoms with Gasteiger partial charge in [0, 0.05) is 6.54 Å². The number of aryl methyl sites for hydroxylation is 1. The summed E-state index contributed by atoms with van der Waals surface area (Å²) in [6.45, 7) is 2.49. The summed E-state index contributed by atoms with van der Waals surface area (Å²) in [5.41, 5.74) is 4.18. The molecule has 0 saturated heterocycles. The zero-order valence-corrected chi connectivity index (χ0v) is 11.5. The van der Waals surface area contributed by atoms with Crippen LogP contribution in [0.25, 0.3) is 0 Å². The third-order valence-electron chi connectivity index (χ3n) is 3.09. The molecular formula is C13H16N6O2. The Morgan fingerprint density at radius 3 is 2.52 bits per heavy atom. The summed E-state index contributed by atoms with van der Waals surface area (Å²) in [5.74, 6) is 5.34. The largest absolute Gasteiger partial charge is 0.360 e. The summed E-state index contributed by atoms with van der Waals surface area (Å²) in [7, 11) is 0. The average molecular weight is 288 g/mol. The lowest BCUT2D eigenvalue weighted by atomic mass is 10.1.